The molecular weight excluding hydrogens is 279 g/mol. The van der Waals surface area contributed by atoms with Gasteiger partial charge in [0.15, 0.2) is 0 Å². The van der Waals surface area contributed by atoms with Crippen molar-refractivity contribution in [3.63, 3.8) is 0 Å². The molecule has 0 aliphatic rings. The van der Waals surface area contributed by atoms with Crippen molar-refractivity contribution >= 4 is 0 Å². The van der Waals surface area contributed by atoms with Crippen molar-refractivity contribution in [1.82, 2.24) is 5.32 Å². The molecule has 0 fully saturated rings. The van der Waals surface area contributed by atoms with Gasteiger partial charge in [-0.05, 0) is 41.9 Å². The van der Waals surface area contributed by atoms with Gasteiger partial charge in [0.25, 0.3) is 0 Å². The molecule has 0 aromatic heterocycles. The molecule has 2 rings (SSSR count). The highest BCUT2D eigenvalue weighted by atomic mass is 19.3. The fourth-order valence-corrected chi connectivity index (χ4v) is 2.19. The lowest BCUT2D eigenvalue weighted by Gasteiger charge is -2.19. The number of hydrogen-bond donors (Lipinski definition) is 1. The Hall–Kier alpha value is -2.01. The van der Waals surface area contributed by atoms with Gasteiger partial charge in [-0.3, -0.25) is 0 Å². The molecule has 0 aliphatic heterocycles. The fraction of sp³-hybridized carbons (Fsp3) is 0.250. The molecule has 2 nitrogen and oxygen atoms in total. The van der Waals surface area contributed by atoms with Gasteiger partial charge >= 0.3 is 6.61 Å². The lowest BCUT2D eigenvalue weighted by atomic mass is 9.98. The summed E-state index contributed by atoms with van der Waals surface area (Å²) in [6.07, 6.45) is 0. The van der Waals surface area contributed by atoms with Gasteiger partial charge < -0.3 is 10.1 Å². The maximum atomic E-state index is 13.4. The van der Waals surface area contributed by atoms with Gasteiger partial charge in [0.2, 0.25) is 0 Å². The maximum absolute atomic E-state index is 13.4. The van der Waals surface area contributed by atoms with Gasteiger partial charge in [-0.1, -0.05) is 31.2 Å². The molecule has 0 bridgehead atoms. The molecule has 0 aliphatic carbocycles. The Kier molecular flexibility index (Phi) is 5.22. The molecule has 0 spiro atoms. The molecule has 5 heteroatoms. The standard InChI is InChI=1S/C16H16F3NO/c1-2-20-15(11-5-3-7-13(17)9-11)12-6-4-8-14(10-12)21-16(18)19/h3-10,15-16,20H,2H2,1H3. The van der Waals surface area contributed by atoms with Crippen LogP contribution in [0.2, 0.25) is 0 Å². The molecule has 0 amide bonds. The lowest BCUT2D eigenvalue weighted by molar-refractivity contribution is -0.0498. The van der Waals surface area contributed by atoms with Crippen LogP contribution in [0.25, 0.3) is 0 Å². The molecule has 1 N–H and O–H groups in total. The minimum atomic E-state index is -2.87. The second-order valence-corrected chi connectivity index (χ2v) is 4.50. The summed E-state index contributed by atoms with van der Waals surface area (Å²) in [6.45, 7) is -0.292. The molecule has 2 aromatic carbocycles. The zero-order valence-electron chi connectivity index (χ0n) is 11.5. The lowest BCUT2D eigenvalue weighted by Crippen LogP contribution is -2.22. The zero-order chi connectivity index (χ0) is 15.2. The third kappa shape index (κ3) is 4.23. The van der Waals surface area contributed by atoms with Crippen molar-refractivity contribution in [2.75, 3.05) is 6.54 Å². The second-order valence-electron chi connectivity index (χ2n) is 4.50. The fourth-order valence-electron chi connectivity index (χ4n) is 2.19. The normalized spacial score (nSPS) is 12.4. The van der Waals surface area contributed by atoms with Crippen molar-refractivity contribution < 1.29 is 17.9 Å². The van der Waals surface area contributed by atoms with Crippen molar-refractivity contribution in [2.45, 2.75) is 19.6 Å². The summed E-state index contributed by atoms with van der Waals surface area (Å²) in [7, 11) is 0. The summed E-state index contributed by atoms with van der Waals surface area (Å²) in [5.41, 5.74) is 1.46. The number of alkyl halides is 2. The van der Waals surface area contributed by atoms with Crippen molar-refractivity contribution in [3.05, 3.63) is 65.5 Å². The van der Waals surface area contributed by atoms with Crippen LogP contribution in [0.1, 0.15) is 24.1 Å². The molecular formula is C16H16F3NO. The van der Waals surface area contributed by atoms with E-state index in [9.17, 15) is 13.2 Å². The summed E-state index contributed by atoms with van der Waals surface area (Å²) in [5.74, 6) is -0.253. The summed E-state index contributed by atoms with van der Waals surface area (Å²) < 4.78 is 42.4. The Morgan fingerprint density at radius 3 is 2.33 bits per heavy atom. The van der Waals surface area contributed by atoms with E-state index < -0.39 is 6.61 Å². The number of halogens is 3. The van der Waals surface area contributed by atoms with E-state index in [4.69, 9.17) is 0 Å². The summed E-state index contributed by atoms with van der Waals surface area (Å²) in [6, 6.07) is 12.3. The van der Waals surface area contributed by atoms with Gasteiger partial charge in [-0.25, -0.2) is 4.39 Å². The monoisotopic (exact) mass is 295 g/mol. The van der Waals surface area contributed by atoms with Gasteiger partial charge in [0, 0.05) is 0 Å². The molecule has 1 unspecified atom stereocenters. The quantitative estimate of drug-likeness (QED) is 0.865. The average Bonchev–Trinajstić information content (AvgIpc) is 2.44. The first-order valence-electron chi connectivity index (χ1n) is 6.63. The van der Waals surface area contributed by atoms with E-state index in [0.717, 1.165) is 11.1 Å². The van der Waals surface area contributed by atoms with Crippen molar-refractivity contribution in [1.29, 1.82) is 0 Å². The minimum absolute atomic E-state index is 0.0850. The molecule has 0 radical (unpaired) electrons. The number of benzene rings is 2. The van der Waals surface area contributed by atoms with E-state index in [1.165, 1.54) is 24.3 Å². The highest BCUT2D eigenvalue weighted by Crippen LogP contribution is 2.26. The van der Waals surface area contributed by atoms with Crippen LogP contribution in [0, 0.1) is 5.82 Å². The third-order valence-electron chi connectivity index (χ3n) is 3.01. The van der Waals surface area contributed by atoms with Crippen molar-refractivity contribution in [3.8, 4) is 5.75 Å². The zero-order valence-corrected chi connectivity index (χ0v) is 11.5. The van der Waals surface area contributed by atoms with E-state index in [-0.39, 0.29) is 17.6 Å². The third-order valence-corrected chi connectivity index (χ3v) is 3.01. The summed E-state index contributed by atoms with van der Waals surface area (Å²) in [4.78, 5) is 0. The first-order valence-corrected chi connectivity index (χ1v) is 6.63. The van der Waals surface area contributed by atoms with Crippen LogP contribution in [0.15, 0.2) is 48.5 Å². The Balaban J connectivity index is 2.34. The van der Waals surface area contributed by atoms with Crippen LogP contribution >= 0.6 is 0 Å². The van der Waals surface area contributed by atoms with Crippen LogP contribution in [-0.2, 0) is 0 Å². The van der Waals surface area contributed by atoms with Gasteiger partial charge in [0.1, 0.15) is 11.6 Å². The minimum Gasteiger partial charge on any atom is -0.435 e. The van der Waals surface area contributed by atoms with Gasteiger partial charge in [-0.15, -0.1) is 0 Å². The van der Waals surface area contributed by atoms with Gasteiger partial charge in [0.05, 0.1) is 6.04 Å². The SMILES string of the molecule is CCNC(c1cccc(F)c1)c1cccc(OC(F)F)c1. The predicted molar refractivity (Wildman–Crippen MR) is 75.0 cm³/mol. The smallest absolute Gasteiger partial charge is 0.387 e. The molecule has 0 saturated carbocycles. The summed E-state index contributed by atoms with van der Waals surface area (Å²) >= 11 is 0. The van der Waals surface area contributed by atoms with E-state index >= 15 is 0 Å². The van der Waals surface area contributed by atoms with E-state index in [2.05, 4.69) is 10.1 Å². The van der Waals surface area contributed by atoms with Crippen LogP contribution in [0.4, 0.5) is 13.2 Å². The topological polar surface area (TPSA) is 21.3 Å². The number of ether oxygens (including phenoxy) is 1. The highest BCUT2D eigenvalue weighted by molar-refractivity contribution is 5.36. The first kappa shape index (κ1) is 15.4. The molecule has 112 valence electrons. The maximum Gasteiger partial charge on any atom is 0.387 e. The number of nitrogens with one attached hydrogen (secondary N) is 1. The van der Waals surface area contributed by atoms with Crippen LogP contribution in [0.5, 0.6) is 5.75 Å². The van der Waals surface area contributed by atoms with Gasteiger partial charge in [-0.2, -0.15) is 8.78 Å². The van der Waals surface area contributed by atoms with E-state index in [0.29, 0.717) is 6.54 Å². The molecule has 2 aromatic rings. The Morgan fingerprint density at radius 2 is 1.71 bits per heavy atom. The molecule has 0 saturated heterocycles. The average molecular weight is 295 g/mol. The first-order chi connectivity index (χ1) is 10.1. The summed E-state index contributed by atoms with van der Waals surface area (Å²) in [5, 5.41) is 3.21. The van der Waals surface area contributed by atoms with Crippen molar-refractivity contribution in [2.24, 2.45) is 0 Å². The Morgan fingerprint density at radius 1 is 1.05 bits per heavy atom. The van der Waals surface area contributed by atoms with Crippen LogP contribution in [-0.4, -0.2) is 13.2 Å². The van der Waals surface area contributed by atoms with E-state index in [1.807, 2.05) is 6.92 Å². The van der Waals surface area contributed by atoms with Crippen LogP contribution < -0.4 is 10.1 Å². The van der Waals surface area contributed by atoms with Crippen LogP contribution in [0.3, 0.4) is 0 Å². The largest absolute Gasteiger partial charge is 0.435 e. The molecule has 1 atom stereocenters. The Bertz CT molecular complexity index is 589. The number of hydrogen-bond acceptors (Lipinski definition) is 2. The molecule has 0 heterocycles. The second kappa shape index (κ2) is 7.13. The predicted octanol–water partition coefficient (Wildman–Crippen LogP) is 4.13. The van der Waals surface area contributed by atoms with E-state index in [1.54, 1.807) is 24.3 Å². The number of rotatable bonds is 6. The molecule has 21 heavy (non-hydrogen) atoms. The highest BCUT2D eigenvalue weighted by Gasteiger charge is 2.15. The Labute approximate surface area is 121 Å².